The molecule has 0 bridgehead atoms. The molecule has 0 atom stereocenters. The molecule has 0 fully saturated rings. The first-order valence-electron chi connectivity index (χ1n) is 5.53. The highest BCUT2D eigenvalue weighted by molar-refractivity contribution is 5.47. The molecule has 0 spiro atoms. The molecular weight excluding hydrogens is 243 g/mol. The number of aryl methyl sites for hydroxylation is 1. The number of hydrogen-bond acceptors (Lipinski definition) is 2. The van der Waals surface area contributed by atoms with Gasteiger partial charge in [0.1, 0.15) is 5.65 Å². The third-order valence-electron chi connectivity index (χ3n) is 2.61. The number of hydrogen-bond donors (Lipinski definition) is 0. The largest absolute Gasteiger partial charge is 0.401 e. The minimum atomic E-state index is -4.18. The highest BCUT2D eigenvalue weighted by Crippen LogP contribution is 2.17. The van der Waals surface area contributed by atoms with Crippen LogP contribution in [0.5, 0.6) is 0 Å². The first-order valence-corrected chi connectivity index (χ1v) is 5.53. The topological polar surface area (TPSA) is 20.5 Å². The quantitative estimate of drug-likeness (QED) is 0.842. The molecule has 2 rings (SSSR count). The summed E-state index contributed by atoms with van der Waals surface area (Å²) in [5.41, 5.74) is 2.42. The molecule has 2 heterocycles. The normalized spacial score (nSPS) is 12.6. The average molecular weight is 257 g/mol. The van der Waals surface area contributed by atoms with Crippen LogP contribution in [0.1, 0.15) is 11.3 Å². The van der Waals surface area contributed by atoms with Crippen LogP contribution in [0.3, 0.4) is 0 Å². The lowest BCUT2D eigenvalue weighted by Gasteiger charge is -2.16. The van der Waals surface area contributed by atoms with E-state index in [0.29, 0.717) is 5.69 Å². The second-order valence-electron chi connectivity index (χ2n) is 4.44. The van der Waals surface area contributed by atoms with Crippen LogP contribution in [-0.4, -0.2) is 34.1 Å². The van der Waals surface area contributed by atoms with Gasteiger partial charge in [-0.15, -0.1) is 0 Å². The number of alkyl halides is 3. The highest BCUT2D eigenvalue weighted by Gasteiger charge is 2.29. The smallest absolute Gasteiger partial charge is 0.307 e. The summed E-state index contributed by atoms with van der Waals surface area (Å²) < 4.78 is 38.5. The number of imidazole rings is 1. The first-order chi connectivity index (χ1) is 8.35. The zero-order valence-corrected chi connectivity index (χ0v) is 10.2. The fourth-order valence-corrected chi connectivity index (χ4v) is 1.92. The van der Waals surface area contributed by atoms with E-state index in [1.165, 1.54) is 11.9 Å². The molecule has 0 unspecified atom stereocenters. The van der Waals surface area contributed by atoms with Crippen LogP contribution in [0.15, 0.2) is 24.5 Å². The Bertz CT molecular complexity index is 545. The zero-order chi connectivity index (χ0) is 13.3. The van der Waals surface area contributed by atoms with Gasteiger partial charge in [0.15, 0.2) is 0 Å². The fraction of sp³-hybridized carbons (Fsp3) is 0.417. The summed E-state index contributed by atoms with van der Waals surface area (Å²) in [7, 11) is 1.43. The summed E-state index contributed by atoms with van der Waals surface area (Å²) >= 11 is 0. The molecule has 0 radical (unpaired) electrons. The Kier molecular flexibility index (Phi) is 3.30. The lowest BCUT2D eigenvalue weighted by Crippen LogP contribution is -2.30. The van der Waals surface area contributed by atoms with Gasteiger partial charge in [-0.2, -0.15) is 13.2 Å². The molecule has 0 saturated heterocycles. The van der Waals surface area contributed by atoms with Gasteiger partial charge < -0.3 is 4.40 Å². The van der Waals surface area contributed by atoms with Crippen LogP contribution in [0.2, 0.25) is 0 Å². The minimum Gasteiger partial charge on any atom is -0.307 e. The maximum absolute atomic E-state index is 12.2. The molecule has 0 N–H and O–H groups in total. The van der Waals surface area contributed by atoms with Gasteiger partial charge in [0.05, 0.1) is 12.2 Å². The lowest BCUT2D eigenvalue weighted by molar-refractivity contribution is -0.144. The van der Waals surface area contributed by atoms with E-state index in [2.05, 4.69) is 4.98 Å². The number of rotatable bonds is 3. The predicted molar refractivity (Wildman–Crippen MR) is 62.3 cm³/mol. The van der Waals surface area contributed by atoms with E-state index in [1.54, 1.807) is 6.20 Å². The van der Waals surface area contributed by atoms with Crippen molar-refractivity contribution in [3.8, 4) is 0 Å². The van der Waals surface area contributed by atoms with E-state index in [0.717, 1.165) is 11.2 Å². The Hall–Kier alpha value is -1.56. The minimum absolute atomic E-state index is 0.181. The average Bonchev–Trinajstić information content (AvgIpc) is 2.58. The molecule has 18 heavy (non-hydrogen) atoms. The van der Waals surface area contributed by atoms with Crippen molar-refractivity contribution in [3.63, 3.8) is 0 Å². The van der Waals surface area contributed by atoms with Gasteiger partial charge >= 0.3 is 6.18 Å². The maximum Gasteiger partial charge on any atom is 0.401 e. The summed E-state index contributed by atoms with van der Waals surface area (Å²) in [6.07, 6.45) is -0.582. The van der Waals surface area contributed by atoms with Crippen LogP contribution >= 0.6 is 0 Å². The predicted octanol–water partition coefficient (Wildman–Crippen LogP) is 2.64. The maximum atomic E-state index is 12.2. The molecule has 0 aliphatic rings. The summed E-state index contributed by atoms with van der Waals surface area (Å²) in [5.74, 6) is 0. The van der Waals surface area contributed by atoms with Crippen molar-refractivity contribution in [2.24, 2.45) is 0 Å². The van der Waals surface area contributed by atoms with Crippen LogP contribution in [-0.2, 0) is 6.54 Å². The Balaban J connectivity index is 2.15. The summed E-state index contributed by atoms with van der Waals surface area (Å²) in [5, 5.41) is 0. The summed E-state index contributed by atoms with van der Waals surface area (Å²) in [6.45, 7) is 1.17. The molecule has 0 aliphatic heterocycles. The van der Waals surface area contributed by atoms with E-state index in [4.69, 9.17) is 0 Å². The van der Waals surface area contributed by atoms with Crippen molar-refractivity contribution in [2.75, 3.05) is 13.6 Å². The zero-order valence-electron chi connectivity index (χ0n) is 10.2. The third kappa shape index (κ3) is 3.01. The number of aromatic nitrogens is 2. The number of halogens is 3. The van der Waals surface area contributed by atoms with Crippen molar-refractivity contribution in [3.05, 3.63) is 35.8 Å². The SMILES string of the molecule is Cc1cccn2cc(CN(C)CC(F)(F)F)nc12. The van der Waals surface area contributed by atoms with Crippen LogP contribution in [0.25, 0.3) is 5.65 Å². The molecule has 0 saturated carbocycles. The van der Waals surface area contributed by atoms with Gasteiger partial charge in [0, 0.05) is 18.9 Å². The molecule has 3 nitrogen and oxygen atoms in total. The molecule has 2 aromatic rings. The number of fused-ring (bicyclic) bond motifs is 1. The van der Waals surface area contributed by atoms with Gasteiger partial charge in [0.25, 0.3) is 0 Å². The van der Waals surface area contributed by atoms with Crippen molar-refractivity contribution < 1.29 is 13.2 Å². The molecule has 2 aromatic heterocycles. The van der Waals surface area contributed by atoms with E-state index in [-0.39, 0.29) is 6.54 Å². The van der Waals surface area contributed by atoms with Gasteiger partial charge in [-0.25, -0.2) is 4.98 Å². The van der Waals surface area contributed by atoms with Gasteiger partial charge in [-0.3, -0.25) is 4.90 Å². The Labute approximate surface area is 103 Å². The molecular formula is C12H14F3N3. The molecule has 0 amide bonds. The lowest BCUT2D eigenvalue weighted by atomic mass is 10.3. The second-order valence-corrected chi connectivity index (χ2v) is 4.44. The van der Waals surface area contributed by atoms with Gasteiger partial charge in [0.2, 0.25) is 0 Å². The Morgan fingerprint density at radius 2 is 2.11 bits per heavy atom. The van der Waals surface area contributed by atoms with Crippen LogP contribution in [0, 0.1) is 6.92 Å². The number of pyridine rings is 1. The molecule has 6 heteroatoms. The second kappa shape index (κ2) is 4.61. The van der Waals surface area contributed by atoms with E-state index < -0.39 is 12.7 Å². The van der Waals surface area contributed by atoms with Crippen molar-refractivity contribution in [1.82, 2.24) is 14.3 Å². The first kappa shape index (κ1) is 12.9. The number of nitrogens with zero attached hydrogens (tertiary/aromatic N) is 3. The molecule has 0 aliphatic carbocycles. The Morgan fingerprint density at radius 1 is 1.39 bits per heavy atom. The Morgan fingerprint density at radius 3 is 2.72 bits per heavy atom. The van der Waals surface area contributed by atoms with Crippen molar-refractivity contribution >= 4 is 5.65 Å². The van der Waals surface area contributed by atoms with Crippen molar-refractivity contribution in [2.45, 2.75) is 19.6 Å². The van der Waals surface area contributed by atoms with Gasteiger partial charge in [-0.05, 0) is 25.6 Å². The molecule has 98 valence electrons. The highest BCUT2D eigenvalue weighted by atomic mass is 19.4. The van der Waals surface area contributed by atoms with Crippen LogP contribution < -0.4 is 0 Å². The summed E-state index contributed by atoms with van der Waals surface area (Å²) in [6, 6.07) is 3.80. The van der Waals surface area contributed by atoms with E-state index in [1.807, 2.05) is 29.7 Å². The monoisotopic (exact) mass is 257 g/mol. The molecule has 0 aromatic carbocycles. The standard InChI is InChI=1S/C12H14F3N3/c1-9-4-3-5-18-7-10(16-11(9)18)6-17(2)8-12(13,14)15/h3-5,7H,6,8H2,1-2H3. The van der Waals surface area contributed by atoms with Gasteiger partial charge in [-0.1, -0.05) is 6.07 Å². The third-order valence-corrected chi connectivity index (χ3v) is 2.61. The summed E-state index contributed by atoms with van der Waals surface area (Å²) in [4.78, 5) is 5.54. The van der Waals surface area contributed by atoms with E-state index in [9.17, 15) is 13.2 Å². The van der Waals surface area contributed by atoms with Crippen molar-refractivity contribution in [1.29, 1.82) is 0 Å². The van der Waals surface area contributed by atoms with E-state index >= 15 is 0 Å². The fourth-order valence-electron chi connectivity index (χ4n) is 1.92. The van der Waals surface area contributed by atoms with Crippen LogP contribution in [0.4, 0.5) is 13.2 Å².